The highest BCUT2D eigenvalue weighted by Crippen LogP contribution is 2.39. The first kappa shape index (κ1) is 24.6. The van der Waals surface area contributed by atoms with Gasteiger partial charge in [-0.3, -0.25) is 0 Å². The van der Waals surface area contributed by atoms with Gasteiger partial charge in [0, 0.05) is 5.56 Å². The number of hydrogen-bond donors (Lipinski definition) is 0. The minimum absolute atomic E-state index is 0.116. The molecule has 0 heterocycles. The van der Waals surface area contributed by atoms with Crippen LogP contribution in [0, 0.1) is 23.4 Å². The van der Waals surface area contributed by atoms with Gasteiger partial charge >= 0.3 is 0 Å². The van der Waals surface area contributed by atoms with Crippen molar-refractivity contribution >= 4 is 0 Å². The van der Waals surface area contributed by atoms with Crippen molar-refractivity contribution in [2.45, 2.75) is 77.6 Å². The molecule has 34 heavy (non-hydrogen) atoms. The molecule has 1 aliphatic carbocycles. The lowest BCUT2D eigenvalue weighted by atomic mass is 9.77. The van der Waals surface area contributed by atoms with Crippen LogP contribution < -0.4 is 0 Å². The Morgan fingerprint density at radius 1 is 0.706 bits per heavy atom. The lowest BCUT2D eigenvalue weighted by molar-refractivity contribution is 0.312. The Balaban J connectivity index is 1.43. The Bertz CT molecular complexity index is 1090. The quantitative estimate of drug-likeness (QED) is 0.312. The monoisotopic (exact) mass is 464 g/mol. The summed E-state index contributed by atoms with van der Waals surface area (Å²) in [5.41, 5.74) is 4.28. The highest BCUT2D eigenvalue weighted by atomic mass is 19.2. The van der Waals surface area contributed by atoms with Gasteiger partial charge in [0.15, 0.2) is 11.6 Å². The predicted octanol–water partition coefficient (Wildman–Crippen LogP) is 9.19. The summed E-state index contributed by atoms with van der Waals surface area (Å²) in [6, 6.07) is 16.5. The van der Waals surface area contributed by atoms with Crippen molar-refractivity contribution in [3.63, 3.8) is 0 Å². The van der Waals surface area contributed by atoms with Crippen LogP contribution >= 0.6 is 0 Å². The molecule has 3 aromatic rings. The third-order valence-electron chi connectivity index (χ3n) is 7.58. The van der Waals surface area contributed by atoms with E-state index in [1.54, 1.807) is 18.2 Å². The zero-order valence-electron chi connectivity index (χ0n) is 20.3. The summed E-state index contributed by atoms with van der Waals surface area (Å²) in [6.45, 7) is 4.29. The molecule has 1 fully saturated rings. The number of halogens is 3. The smallest absolute Gasteiger partial charge is 0.166 e. The molecule has 0 amide bonds. The van der Waals surface area contributed by atoms with E-state index >= 15 is 8.78 Å². The summed E-state index contributed by atoms with van der Waals surface area (Å²) < 4.78 is 44.4. The van der Waals surface area contributed by atoms with Gasteiger partial charge in [0.2, 0.25) is 0 Å². The molecule has 0 atom stereocenters. The Labute approximate surface area is 202 Å². The summed E-state index contributed by atoms with van der Waals surface area (Å²) >= 11 is 0. The van der Waals surface area contributed by atoms with E-state index in [0.29, 0.717) is 35.1 Å². The molecule has 0 bridgehead atoms. The normalized spacial score (nSPS) is 18.3. The summed E-state index contributed by atoms with van der Waals surface area (Å²) in [6.07, 6.45) is 8.41. The third kappa shape index (κ3) is 5.56. The van der Waals surface area contributed by atoms with Crippen LogP contribution in [0.5, 0.6) is 0 Å². The standard InChI is InChI=1S/C31H35F3/c1-3-5-23-11-17-26(29(32)20-23)16-10-22-8-14-25(15-9-22)28-19-18-27(30(33)31(28)34)24-12-6-21(4-2)7-13-24/h8-9,11,14-15,17-21,24H,3-7,10,12-13,16H2,1-2H3. The Morgan fingerprint density at radius 2 is 1.41 bits per heavy atom. The van der Waals surface area contributed by atoms with Gasteiger partial charge in [-0.25, -0.2) is 13.2 Å². The number of rotatable bonds is 8. The van der Waals surface area contributed by atoms with Gasteiger partial charge in [0.25, 0.3) is 0 Å². The van der Waals surface area contributed by atoms with E-state index in [1.807, 2.05) is 36.4 Å². The van der Waals surface area contributed by atoms with Crippen LogP contribution in [0.3, 0.4) is 0 Å². The molecule has 0 aliphatic heterocycles. The minimum Gasteiger partial charge on any atom is -0.207 e. The van der Waals surface area contributed by atoms with Gasteiger partial charge in [-0.15, -0.1) is 0 Å². The second-order valence-corrected chi connectivity index (χ2v) is 9.83. The van der Waals surface area contributed by atoms with Crippen LogP contribution in [0.25, 0.3) is 11.1 Å². The molecular formula is C31H35F3. The Hall–Kier alpha value is -2.55. The topological polar surface area (TPSA) is 0 Å². The van der Waals surface area contributed by atoms with Crippen molar-refractivity contribution in [2.24, 2.45) is 5.92 Å². The van der Waals surface area contributed by atoms with E-state index in [-0.39, 0.29) is 11.7 Å². The second-order valence-electron chi connectivity index (χ2n) is 9.83. The van der Waals surface area contributed by atoms with E-state index in [0.717, 1.165) is 55.6 Å². The SMILES string of the molecule is CCCc1ccc(CCc2ccc(-c3ccc(C4CCC(CC)CC4)c(F)c3F)cc2)c(F)c1. The minimum atomic E-state index is -0.753. The molecule has 3 heteroatoms. The summed E-state index contributed by atoms with van der Waals surface area (Å²) in [7, 11) is 0. The molecule has 1 saturated carbocycles. The van der Waals surface area contributed by atoms with Gasteiger partial charge in [-0.1, -0.05) is 75.2 Å². The van der Waals surface area contributed by atoms with Crippen molar-refractivity contribution in [1.29, 1.82) is 0 Å². The Morgan fingerprint density at radius 3 is 2.06 bits per heavy atom. The first-order chi connectivity index (χ1) is 16.5. The number of aryl methyl sites for hydroxylation is 3. The molecule has 0 saturated heterocycles. The van der Waals surface area contributed by atoms with Crippen LogP contribution in [0.4, 0.5) is 13.2 Å². The maximum absolute atomic E-state index is 15.0. The van der Waals surface area contributed by atoms with Gasteiger partial charge in [-0.05, 0) is 90.7 Å². The molecule has 4 rings (SSSR count). The van der Waals surface area contributed by atoms with Crippen molar-refractivity contribution < 1.29 is 13.2 Å². The lowest BCUT2D eigenvalue weighted by Gasteiger charge is -2.28. The highest BCUT2D eigenvalue weighted by Gasteiger charge is 2.26. The largest absolute Gasteiger partial charge is 0.207 e. The summed E-state index contributed by atoms with van der Waals surface area (Å²) in [4.78, 5) is 0. The third-order valence-corrected chi connectivity index (χ3v) is 7.58. The van der Waals surface area contributed by atoms with Gasteiger partial charge in [-0.2, -0.15) is 0 Å². The van der Waals surface area contributed by atoms with E-state index < -0.39 is 11.6 Å². The predicted molar refractivity (Wildman–Crippen MR) is 135 cm³/mol. The fraction of sp³-hybridized carbons (Fsp3) is 0.419. The fourth-order valence-electron chi connectivity index (χ4n) is 5.35. The van der Waals surface area contributed by atoms with Crippen molar-refractivity contribution in [2.75, 3.05) is 0 Å². The number of hydrogen-bond acceptors (Lipinski definition) is 0. The van der Waals surface area contributed by atoms with Gasteiger partial charge in [0.05, 0.1) is 0 Å². The van der Waals surface area contributed by atoms with Crippen LogP contribution in [0.15, 0.2) is 54.6 Å². The lowest BCUT2D eigenvalue weighted by Crippen LogP contribution is -2.14. The maximum Gasteiger partial charge on any atom is 0.166 e. The Kier molecular flexibility index (Phi) is 8.13. The van der Waals surface area contributed by atoms with Crippen LogP contribution in [0.1, 0.15) is 80.5 Å². The molecular weight excluding hydrogens is 429 g/mol. The molecule has 0 radical (unpaired) electrons. The first-order valence-corrected chi connectivity index (χ1v) is 12.8. The van der Waals surface area contributed by atoms with Crippen LogP contribution in [0.2, 0.25) is 0 Å². The molecule has 0 spiro atoms. The maximum atomic E-state index is 15.0. The zero-order valence-corrected chi connectivity index (χ0v) is 20.3. The van der Waals surface area contributed by atoms with Crippen LogP contribution in [-0.4, -0.2) is 0 Å². The van der Waals surface area contributed by atoms with Crippen molar-refractivity contribution in [3.8, 4) is 11.1 Å². The van der Waals surface area contributed by atoms with Crippen molar-refractivity contribution in [1.82, 2.24) is 0 Å². The van der Waals surface area contributed by atoms with E-state index in [9.17, 15) is 4.39 Å². The van der Waals surface area contributed by atoms with Crippen LogP contribution in [-0.2, 0) is 19.3 Å². The van der Waals surface area contributed by atoms with Crippen molar-refractivity contribution in [3.05, 3.63) is 94.3 Å². The van der Waals surface area contributed by atoms with E-state index in [1.165, 1.54) is 6.42 Å². The van der Waals surface area contributed by atoms with Gasteiger partial charge < -0.3 is 0 Å². The molecule has 0 unspecified atom stereocenters. The van der Waals surface area contributed by atoms with Gasteiger partial charge in [0.1, 0.15) is 5.82 Å². The average molecular weight is 465 g/mol. The van der Waals surface area contributed by atoms with E-state index in [4.69, 9.17) is 0 Å². The highest BCUT2D eigenvalue weighted by molar-refractivity contribution is 5.65. The number of benzene rings is 3. The molecule has 0 nitrogen and oxygen atoms in total. The fourth-order valence-corrected chi connectivity index (χ4v) is 5.35. The first-order valence-electron chi connectivity index (χ1n) is 12.8. The van der Waals surface area contributed by atoms with E-state index in [2.05, 4.69) is 13.8 Å². The molecule has 1 aliphatic rings. The zero-order chi connectivity index (χ0) is 24.1. The molecule has 180 valence electrons. The molecule has 0 aromatic heterocycles. The molecule has 0 N–H and O–H groups in total. The second kappa shape index (κ2) is 11.3. The molecule has 3 aromatic carbocycles. The average Bonchev–Trinajstić information content (AvgIpc) is 2.86. The summed E-state index contributed by atoms with van der Waals surface area (Å²) in [5.74, 6) is -0.756. The summed E-state index contributed by atoms with van der Waals surface area (Å²) in [5, 5.41) is 0.